The highest BCUT2D eigenvalue weighted by atomic mass is 16.6. The minimum atomic E-state index is -1.13. The Bertz CT molecular complexity index is 484. The molecule has 0 aromatic rings. The Morgan fingerprint density at radius 1 is 1.13 bits per heavy atom. The number of hydrogen-bond acceptors (Lipinski definition) is 7. The number of nitrogens with zero attached hydrogens (tertiary/aromatic N) is 2. The average molecular weight is 330 g/mol. The van der Waals surface area contributed by atoms with Crippen molar-refractivity contribution in [3.05, 3.63) is 0 Å². The van der Waals surface area contributed by atoms with E-state index in [1.807, 2.05) is 0 Å². The van der Waals surface area contributed by atoms with Gasteiger partial charge in [0.2, 0.25) is 5.91 Å². The van der Waals surface area contributed by atoms with Gasteiger partial charge in [0.25, 0.3) is 0 Å². The van der Waals surface area contributed by atoms with Gasteiger partial charge in [0.15, 0.2) is 12.5 Å². The van der Waals surface area contributed by atoms with Crippen molar-refractivity contribution in [3.8, 4) is 0 Å². The average Bonchev–Trinajstić information content (AvgIpc) is 2.80. The van der Waals surface area contributed by atoms with E-state index in [4.69, 9.17) is 9.47 Å². The molecule has 0 aromatic carbocycles. The van der Waals surface area contributed by atoms with Gasteiger partial charge in [-0.25, -0.2) is 14.5 Å². The Morgan fingerprint density at radius 2 is 1.78 bits per heavy atom. The zero-order valence-corrected chi connectivity index (χ0v) is 13.4. The molecule has 1 saturated carbocycles. The largest absolute Gasteiger partial charge is 0.452 e. The molecule has 1 aliphatic heterocycles. The van der Waals surface area contributed by atoms with E-state index in [2.05, 4.69) is 4.74 Å². The van der Waals surface area contributed by atoms with Crippen LogP contribution < -0.4 is 0 Å². The van der Waals surface area contributed by atoms with E-state index in [0.29, 0.717) is 17.7 Å². The molecule has 0 spiro atoms. The van der Waals surface area contributed by atoms with Crippen LogP contribution in [0.2, 0.25) is 0 Å². The predicted molar refractivity (Wildman–Crippen MR) is 76.1 cm³/mol. The standard InChI is InChI=1S/C14H22N2O7/c1-8(17)15-12(23-10-7-5-4-6-9(10)18)11(21-2)16(13(15)19)14(20)22-3/h9-12,18H,4-7H2,1-3H3/t9-,10+,11-,12-/m1/s1. The summed E-state index contributed by atoms with van der Waals surface area (Å²) in [5, 5.41) is 10.0. The Kier molecular flexibility index (Phi) is 5.55. The molecule has 130 valence electrons. The van der Waals surface area contributed by atoms with Crippen LogP contribution in [0.25, 0.3) is 0 Å². The van der Waals surface area contributed by atoms with Crippen molar-refractivity contribution in [2.75, 3.05) is 14.2 Å². The highest BCUT2D eigenvalue weighted by molar-refractivity contribution is 6.02. The molecule has 2 aliphatic rings. The summed E-state index contributed by atoms with van der Waals surface area (Å²) in [5.41, 5.74) is 0. The predicted octanol–water partition coefficient (Wildman–Crippen LogP) is 0.656. The van der Waals surface area contributed by atoms with Crippen LogP contribution >= 0.6 is 0 Å². The monoisotopic (exact) mass is 330 g/mol. The van der Waals surface area contributed by atoms with Crippen molar-refractivity contribution >= 4 is 18.0 Å². The molecule has 9 nitrogen and oxygen atoms in total. The zero-order valence-electron chi connectivity index (χ0n) is 13.4. The van der Waals surface area contributed by atoms with E-state index < -0.39 is 42.7 Å². The molecule has 0 unspecified atom stereocenters. The van der Waals surface area contributed by atoms with Crippen LogP contribution in [0.4, 0.5) is 9.59 Å². The lowest BCUT2D eigenvalue weighted by atomic mass is 9.95. The minimum absolute atomic E-state index is 0.529. The Balaban J connectivity index is 2.27. The SMILES string of the molecule is COC(=O)N1C(=O)N(C(C)=O)[C@H](O[C@H]2CCCC[C@H]2O)[C@H]1OC. The van der Waals surface area contributed by atoms with Crippen LogP contribution in [0, 0.1) is 0 Å². The summed E-state index contributed by atoms with van der Waals surface area (Å²) in [6, 6.07) is -0.869. The number of ether oxygens (including phenoxy) is 3. The van der Waals surface area contributed by atoms with Crippen LogP contribution in [0.3, 0.4) is 0 Å². The topological polar surface area (TPSA) is 106 Å². The van der Waals surface area contributed by atoms with Gasteiger partial charge in [-0.2, -0.15) is 4.90 Å². The highest BCUT2D eigenvalue weighted by Gasteiger charge is 2.53. The van der Waals surface area contributed by atoms with Gasteiger partial charge in [-0.05, 0) is 12.8 Å². The third kappa shape index (κ3) is 3.31. The number of amides is 4. The van der Waals surface area contributed by atoms with Gasteiger partial charge in [0.1, 0.15) is 0 Å². The quantitative estimate of drug-likeness (QED) is 0.810. The normalized spacial score (nSPS) is 31.4. The number of rotatable bonds is 3. The second kappa shape index (κ2) is 7.24. The smallest absolute Gasteiger partial charge is 0.420 e. The summed E-state index contributed by atoms with van der Waals surface area (Å²) in [6.07, 6.45) is -1.45. The molecule has 9 heteroatoms. The number of aliphatic hydroxyl groups excluding tert-OH is 1. The van der Waals surface area contributed by atoms with E-state index in [1.165, 1.54) is 14.0 Å². The van der Waals surface area contributed by atoms with E-state index in [-0.39, 0.29) is 0 Å². The van der Waals surface area contributed by atoms with E-state index in [0.717, 1.165) is 24.9 Å². The van der Waals surface area contributed by atoms with Gasteiger partial charge in [0, 0.05) is 14.0 Å². The maximum absolute atomic E-state index is 12.4. The van der Waals surface area contributed by atoms with Crippen molar-refractivity contribution in [2.24, 2.45) is 0 Å². The number of urea groups is 1. The highest BCUT2D eigenvalue weighted by Crippen LogP contribution is 2.30. The second-order valence-corrected chi connectivity index (χ2v) is 5.55. The molecule has 23 heavy (non-hydrogen) atoms. The lowest BCUT2D eigenvalue weighted by Crippen LogP contribution is -2.48. The summed E-state index contributed by atoms with van der Waals surface area (Å²) in [5.74, 6) is -0.584. The summed E-state index contributed by atoms with van der Waals surface area (Å²) in [7, 11) is 2.42. The van der Waals surface area contributed by atoms with E-state index in [9.17, 15) is 19.5 Å². The molecule has 4 atom stereocenters. The second-order valence-electron chi connectivity index (χ2n) is 5.55. The number of aliphatic hydroxyl groups is 1. The molecular formula is C14H22N2O7. The third-order valence-corrected chi connectivity index (χ3v) is 4.10. The first-order valence-corrected chi connectivity index (χ1v) is 7.49. The molecule has 0 bridgehead atoms. The van der Waals surface area contributed by atoms with Crippen molar-refractivity contribution in [3.63, 3.8) is 0 Å². The molecule has 0 aromatic heterocycles. The molecule has 4 amide bonds. The Hall–Kier alpha value is -1.71. The van der Waals surface area contributed by atoms with Crippen molar-refractivity contribution in [1.82, 2.24) is 9.80 Å². The van der Waals surface area contributed by atoms with Gasteiger partial charge in [0.05, 0.1) is 19.3 Å². The number of imide groups is 2. The van der Waals surface area contributed by atoms with Crippen LogP contribution in [0.1, 0.15) is 32.6 Å². The Morgan fingerprint density at radius 3 is 2.30 bits per heavy atom. The molecule has 2 rings (SSSR count). The van der Waals surface area contributed by atoms with Crippen LogP contribution in [-0.4, -0.2) is 71.8 Å². The summed E-state index contributed by atoms with van der Waals surface area (Å²) < 4.78 is 15.6. The van der Waals surface area contributed by atoms with E-state index in [1.54, 1.807) is 0 Å². The lowest BCUT2D eigenvalue weighted by Gasteiger charge is -2.33. The van der Waals surface area contributed by atoms with Crippen LogP contribution in [0.5, 0.6) is 0 Å². The molecule has 1 aliphatic carbocycles. The van der Waals surface area contributed by atoms with Crippen molar-refractivity contribution in [2.45, 2.75) is 57.3 Å². The molecule has 1 saturated heterocycles. The summed E-state index contributed by atoms with van der Waals surface area (Å²) >= 11 is 0. The van der Waals surface area contributed by atoms with Gasteiger partial charge >= 0.3 is 12.1 Å². The van der Waals surface area contributed by atoms with Crippen molar-refractivity contribution < 1.29 is 33.7 Å². The molecule has 1 N–H and O–H groups in total. The summed E-state index contributed by atoms with van der Waals surface area (Å²) in [4.78, 5) is 37.5. The first-order valence-electron chi connectivity index (χ1n) is 7.49. The first kappa shape index (κ1) is 17.6. The molecular weight excluding hydrogens is 308 g/mol. The van der Waals surface area contributed by atoms with Gasteiger partial charge in [-0.15, -0.1) is 0 Å². The van der Waals surface area contributed by atoms with Gasteiger partial charge in [-0.1, -0.05) is 12.8 Å². The minimum Gasteiger partial charge on any atom is -0.452 e. The first-order chi connectivity index (χ1) is 10.9. The fourth-order valence-corrected chi connectivity index (χ4v) is 2.95. The fraction of sp³-hybridized carbons (Fsp3) is 0.786. The lowest BCUT2D eigenvalue weighted by molar-refractivity contribution is -0.180. The van der Waals surface area contributed by atoms with Gasteiger partial charge < -0.3 is 19.3 Å². The Labute approximate surface area is 134 Å². The maximum atomic E-state index is 12.4. The summed E-state index contributed by atoms with van der Waals surface area (Å²) in [6.45, 7) is 1.19. The zero-order chi connectivity index (χ0) is 17.1. The van der Waals surface area contributed by atoms with Crippen molar-refractivity contribution in [1.29, 1.82) is 0 Å². The number of hydrogen-bond donors (Lipinski definition) is 1. The van der Waals surface area contributed by atoms with E-state index >= 15 is 0 Å². The number of carbonyl (C=O) groups excluding carboxylic acids is 3. The van der Waals surface area contributed by atoms with Crippen LogP contribution in [0.15, 0.2) is 0 Å². The fourth-order valence-electron chi connectivity index (χ4n) is 2.95. The number of carbonyl (C=O) groups is 3. The number of methoxy groups -OCH3 is 2. The molecule has 1 heterocycles. The molecule has 2 fully saturated rings. The molecule has 0 radical (unpaired) electrons. The van der Waals surface area contributed by atoms with Gasteiger partial charge in [-0.3, -0.25) is 4.79 Å². The third-order valence-electron chi connectivity index (χ3n) is 4.10. The van der Waals surface area contributed by atoms with Crippen LogP contribution in [-0.2, 0) is 19.0 Å². The maximum Gasteiger partial charge on any atom is 0.420 e.